The van der Waals surface area contributed by atoms with Gasteiger partial charge in [-0.05, 0) is 29.3 Å². The van der Waals surface area contributed by atoms with Crippen LogP contribution in [0.2, 0.25) is 0 Å². The number of rotatable bonds is 7. The molecular weight excluding hydrogens is 358 g/mol. The molecule has 1 fully saturated rings. The van der Waals surface area contributed by atoms with Gasteiger partial charge in [0.2, 0.25) is 5.91 Å². The molecule has 28 heavy (non-hydrogen) atoms. The van der Waals surface area contributed by atoms with Crippen molar-refractivity contribution in [1.29, 1.82) is 0 Å². The van der Waals surface area contributed by atoms with Crippen molar-refractivity contribution in [2.24, 2.45) is 5.10 Å². The first kappa shape index (κ1) is 19.4. The number of benzene rings is 2. The van der Waals surface area contributed by atoms with Crippen molar-refractivity contribution in [2.75, 3.05) is 27.3 Å². The predicted molar refractivity (Wildman–Crippen MR) is 106 cm³/mol. The van der Waals surface area contributed by atoms with E-state index in [1.54, 1.807) is 37.3 Å². The van der Waals surface area contributed by atoms with Gasteiger partial charge in [-0.25, -0.2) is 5.43 Å². The molecular formula is C21H23N3O4. The Morgan fingerprint density at radius 1 is 1.18 bits per heavy atom. The summed E-state index contributed by atoms with van der Waals surface area (Å²) in [5.41, 5.74) is 4.33. The van der Waals surface area contributed by atoms with Crippen LogP contribution in [0.15, 0.2) is 53.6 Å². The number of carbonyl (C=O) groups excluding carboxylic acids is 2. The summed E-state index contributed by atoms with van der Waals surface area (Å²) in [5.74, 6) is 0.958. The SMILES string of the molecule is COc1ccc(/C=N\NC(=O)CN2C[C@H](c3ccccc3)CC2=O)cc1OC. The van der Waals surface area contributed by atoms with Crippen LogP contribution in [0.3, 0.4) is 0 Å². The van der Waals surface area contributed by atoms with E-state index in [1.165, 1.54) is 6.21 Å². The van der Waals surface area contributed by atoms with Crippen LogP contribution in [0.1, 0.15) is 23.5 Å². The van der Waals surface area contributed by atoms with Crippen LogP contribution < -0.4 is 14.9 Å². The van der Waals surface area contributed by atoms with Gasteiger partial charge in [0.25, 0.3) is 5.91 Å². The lowest BCUT2D eigenvalue weighted by atomic mass is 9.99. The third-order valence-corrected chi connectivity index (χ3v) is 4.63. The molecule has 0 bridgehead atoms. The maximum absolute atomic E-state index is 12.2. The van der Waals surface area contributed by atoms with Crippen LogP contribution >= 0.6 is 0 Å². The molecule has 1 aliphatic rings. The van der Waals surface area contributed by atoms with Crippen LogP contribution in [-0.4, -0.2) is 50.2 Å². The quantitative estimate of drug-likeness (QED) is 0.589. The van der Waals surface area contributed by atoms with Crippen LogP contribution in [0.25, 0.3) is 0 Å². The van der Waals surface area contributed by atoms with E-state index in [4.69, 9.17) is 9.47 Å². The largest absolute Gasteiger partial charge is 0.493 e. The second-order valence-corrected chi connectivity index (χ2v) is 6.49. The highest BCUT2D eigenvalue weighted by Crippen LogP contribution is 2.28. The Hall–Kier alpha value is -3.35. The van der Waals surface area contributed by atoms with E-state index >= 15 is 0 Å². The zero-order chi connectivity index (χ0) is 19.9. The van der Waals surface area contributed by atoms with Crippen LogP contribution in [0.5, 0.6) is 11.5 Å². The van der Waals surface area contributed by atoms with Crippen molar-refractivity contribution in [1.82, 2.24) is 10.3 Å². The number of nitrogens with one attached hydrogen (secondary N) is 1. The first-order valence-corrected chi connectivity index (χ1v) is 8.97. The number of likely N-dealkylation sites (tertiary alicyclic amines) is 1. The Balaban J connectivity index is 1.53. The summed E-state index contributed by atoms with van der Waals surface area (Å²) >= 11 is 0. The molecule has 2 aromatic carbocycles. The maximum Gasteiger partial charge on any atom is 0.259 e. The van der Waals surface area contributed by atoms with Crippen molar-refractivity contribution in [3.05, 3.63) is 59.7 Å². The molecule has 7 nitrogen and oxygen atoms in total. The zero-order valence-corrected chi connectivity index (χ0v) is 15.9. The molecule has 1 heterocycles. The second kappa shape index (κ2) is 9.03. The van der Waals surface area contributed by atoms with E-state index in [-0.39, 0.29) is 24.3 Å². The first-order chi connectivity index (χ1) is 13.6. The summed E-state index contributed by atoms with van der Waals surface area (Å²) in [6.07, 6.45) is 1.94. The molecule has 1 saturated heterocycles. The normalized spacial score (nSPS) is 16.4. The highest BCUT2D eigenvalue weighted by atomic mass is 16.5. The zero-order valence-electron chi connectivity index (χ0n) is 15.9. The number of hydrogen-bond acceptors (Lipinski definition) is 5. The lowest BCUT2D eigenvalue weighted by molar-refractivity contribution is -0.133. The van der Waals surface area contributed by atoms with E-state index in [2.05, 4.69) is 10.5 Å². The van der Waals surface area contributed by atoms with Gasteiger partial charge in [0.15, 0.2) is 11.5 Å². The Morgan fingerprint density at radius 3 is 2.64 bits per heavy atom. The van der Waals surface area contributed by atoms with Crippen molar-refractivity contribution in [2.45, 2.75) is 12.3 Å². The highest BCUT2D eigenvalue weighted by Gasteiger charge is 2.31. The minimum atomic E-state index is -0.334. The standard InChI is InChI=1S/C21H23N3O4/c1-27-18-9-8-15(10-19(18)28-2)12-22-23-20(25)14-24-13-17(11-21(24)26)16-6-4-3-5-7-16/h3-10,12,17H,11,13-14H2,1-2H3,(H,23,25)/b22-12-/t17-/m1/s1. The minimum absolute atomic E-state index is 0.00849. The molecule has 1 aliphatic heterocycles. The van der Waals surface area contributed by atoms with Gasteiger partial charge in [-0.15, -0.1) is 0 Å². The monoisotopic (exact) mass is 381 g/mol. The molecule has 1 N–H and O–H groups in total. The maximum atomic E-state index is 12.2. The number of carbonyl (C=O) groups is 2. The number of ether oxygens (including phenoxy) is 2. The summed E-state index contributed by atoms with van der Waals surface area (Å²) in [6.45, 7) is 0.529. The number of nitrogens with zero attached hydrogens (tertiary/aromatic N) is 2. The third kappa shape index (κ3) is 4.68. The van der Waals surface area contributed by atoms with Gasteiger partial charge >= 0.3 is 0 Å². The Labute approximate surface area is 163 Å². The summed E-state index contributed by atoms with van der Waals surface area (Å²) in [7, 11) is 3.12. The average Bonchev–Trinajstić information content (AvgIpc) is 3.08. The van der Waals surface area contributed by atoms with E-state index in [0.29, 0.717) is 24.5 Å². The summed E-state index contributed by atoms with van der Waals surface area (Å²) in [6, 6.07) is 15.2. The number of amides is 2. The Morgan fingerprint density at radius 2 is 1.93 bits per heavy atom. The fourth-order valence-corrected chi connectivity index (χ4v) is 3.19. The fourth-order valence-electron chi connectivity index (χ4n) is 3.19. The molecule has 0 aromatic heterocycles. The van der Waals surface area contributed by atoms with Gasteiger partial charge in [-0.2, -0.15) is 5.10 Å². The molecule has 146 valence electrons. The smallest absolute Gasteiger partial charge is 0.259 e. The Kier molecular flexibility index (Phi) is 6.26. The topological polar surface area (TPSA) is 80.2 Å². The van der Waals surface area contributed by atoms with Gasteiger partial charge in [0.1, 0.15) is 6.54 Å². The van der Waals surface area contributed by atoms with E-state index in [1.807, 2.05) is 30.3 Å². The van der Waals surface area contributed by atoms with Crippen molar-refractivity contribution >= 4 is 18.0 Å². The van der Waals surface area contributed by atoms with Gasteiger partial charge in [-0.1, -0.05) is 30.3 Å². The van der Waals surface area contributed by atoms with Crippen LogP contribution in [0.4, 0.5) is 0 Å². The van der Waals surface area contributed by atoms with Crippen LogP contribution in [0, 0.1) is 0 Å². The van der Waals surface area contributed by atoms with Crippen molar-refractivity contribution < 1.29 is 19.1 Å². The summed E-state index contributed by atoms with van der Waals surface area (Å²) < 4.78 is 10.4. The molecule has 2 aromatic rings. The lowest BCUT2D eigenvalue weighted by Gasteiger charge is -2.15. The van der Waals surface area contributed by atoms with Crippen molar-refractivity contribution in [3.63, 3.8) is 0 Å². The molecule has 1 atom stereocenters. The van der Waals surface area contributed by atoms with Gasteiger partial charge in [0.05, 0.1) is 20.4 Å². The van der Waals surface area contributed by atoms with Crippen LogP contribution in [-0.2, 0) is 9.59 Å². The highest BCUT2D eigenvalue weighted by molar-refractivity contribution is 5.88. The molecule has 0 spiro atoms. The second-order valence-electron chi connectivity index (χ2n) is 6.49. The van der Waals surface area contributed by atoms with E-state index < -0.39 is 0 Å². The third-order valence-electron chi connectivity index (χ3n) is 4.63. The molecule has 3 rings (SSSR count). The minimum Gasteiger partial charge on any atom is -0.493 e. The Bertz CT molecular complexity index is 867. The van der Waals surface area contributed by atoms with E-state index in [9.17, 15) is 9.59 Å². The number of hydrazone groups is 1. The predicted octanol–water partition coefficient (Wildman–Crippen LogP) is 2.17. The van der Waals surface area contributed by atoms with Gasteiger partial charge in [0, 0.05) is 18.9 Å². The lowest BCUT2D eigenvalue weighted by Crippen LogP contribution is -2.36. The molecule has 0 aliphatic carbocycles. The fraction of sp³-hybridized carbons (Fsp3) is 0.286. The summed E-state index contributed by atoms with van der Waals surface area (Å²) in [4.78, 5) is 25.9. The average molecular weight is 381 g/mol. The summed E-state index contributed by atoms with van der Waals surface area (Å²) in [5, 5.41) is 3.96. The molecule has 7 heteroatoms. The first-order valence-electron chi connectivity index (χ1n) is 8.97. The molecule has 2 amide bonds. The van der Waals surface area contributed by atoms with Gasteiger partial charge in [-0.3, -0.25) is 9.59 Å². The number of hydrogen-bond donors (Lipinski definition) is 1. The molecule has 0 unspecified atom stereocenters. The molecule has 0 radical (unpaired) electrons. The number of methoxy groups -OCH3 is 2. The molecule has 0 saturated carbocycles. The van der Waals surface area contributed by atoms with Gasteiger partial charge < -0.3 is 14.4 Å². The van der Waals surface area contributed by atoms with Crippen molar-refractivity contribution in [3.8, 4) is 11.5 Å². The van der Waals surface area contributed by atoms with E-state index in [0.717, 1.165) is 11.1 Å².